The summed E-state index contributed by atoms with van der Waals surface area (Å²) in [7, 11) is 0. The highest BCUT2D eigenvalue weighted by atomic mass is 16.2. The van der Waals surface area contributed by atoms with Gasteiger partial charge in [-0.1, -0.05) is 62.2 Å². The molecule has 186 valence electrons. The van der Waals surface area contributed by atoms with Gasteiger partial charge in [0.2, 0.25) is 0 Å². The first-order valence-corrected chi connectivity index (χ1v) is 12.7. The molecule has 1 N–H and O–H groups in total. The molecule has 0 saturated carbocycles. The van der Waals surface area contributed by atoms with Gasteiger partial charge in [-0.05, 0) is 68.7 Å². The minimum absolute atomic E-state index is 0.141. The molecule has 1 heterocycles. The number of hydrogen-bond acceptors (Lipinski definition) is 3. The van der Waals surface area contributed by atoms with Crippen molar-refractivity contribution < 1.29 is 4.79 Å². The van der Waals surface area contributed by atoms with Crippen LogP contribution in [-0.4, -0.2) is 27.0 Å². The first-order valence-electron chi connectivity index (χ1n) is 12.7. The van der Waals surface area contributed by atoms with Crippen LogP contribution in [0.25, 0.3) is 16.6 Å². The van der Waals surface area contributed by atoms with E-state index in [1.807, 2.05) is 80.6 Å². The summed E-state index contributed by atoms with van der Waals surface area (Å²) in [5.41, 5.74) is 4.28. The predicted octanol–water partition coefficient (Wildman–Crippen LogP) is 6.65. The standard InChI is InChI=1S/C30H34N4O2/c1-5-7-20-33(30(36)31-24-16-14-23(6-2)15-17-24)22(4)28-32-27-11-9-8-10-26(27)29(35)34(28)25-18-12-21(3)13-19-25/h8-19,22H,5-7,20H2,1-4H3,(H,31,36). The maximum absolute atomic E-state index is 13.7. The third kappa shape index (κ3) is 5.33. The van der Waals surface area contributed by atoms with Gasteiger partial charge in [-0.25, -0.2) is 9.78 Å². The maximum atomic E-state index is 13.7. The third-order valence-corrected chi connectivity index (χ3v) is 6.56. The van der Waals surface area contributed by atoms with E-state index in [2.05, 4.69) is 19.2 Å². The first kappa shape index (κ1) is 25.2. The molecule has 4 aromatic rings. The van der Waals surface area contributed by atoms with Crippen LogP contribution in [0.2, 0.25) is 0 Å². The highest BCUT2D eigenvalue weighted by Crippen LogP contribution is 2.24. The van der Waals surface area contributed by atoms with E-state index in [0.717, 1.165) is 36.2 Å². The lowest BCUT2D eigenvalue weighted by Crippen LogP contribution is -2.40. The Kier molecular flexibility index (Phi) is 7.84. The van der Waals surface area contributed by atoms with E-state index in [4.69, 9.17) is 4.98 Å². The van der Waals surface area contributed by atoms with E-state index in [9.17, 15) is 9.59 Å². The van der Waals surface area contributed by atoms with Crippen LogP contribution >= 0.6 is 0 Å². The summed E-state index contributed by atoms with van der Waals surface area (Å²) < 4.78 is 1.65. The second-order valence-corrected chi connectivity index (χ2v) is 9.17. The summed E-state index contributed by atoms with van der Waals surface area (Å²) in [6.45, 7) is 8.70. The number of nitrogens with zero attached hydrogens (tertiary/aromatic N) is 3. The van der Waals surface area contributed by atoms with Crippen LogP contribution in [0.1, 0.15) is 56.6 Å². The molecule has 3 aromatic carbocycles. The van der Waals surface area contributed by atoms with Gasteiger partial charge >= 0.3 is 6.03 Å². The zero-order valence-electron chi connectivity index (χ0n) is 21.5. The van der Waals surface area contributed by atoms with Crippen molar-refractivity contribution in [3.8, 4) is 5.69 Å². The number of nitrogens with one attached hydrogen (secondary N) is 1. The number of hydrogen-bond donors (Lipinski definition) is 1. The maximum Gasteiger partial charge on any atom is 0.322 e. The second kappa shape index (κ2) is 11.2. The largest absolute Gasteiger partial charge is 0.322 e. The number of para-hydroxylation sites is 1. The molecular formula is C30H34N4O2. The number of anilines is 1. The predicted molar refractivity (Wildman–Crippen MR) is 147 cm³/mol. The van der Waals surface area contributed by atoms with Crippen molar-refractivity contribution >= 4 is 22.6 Å². The van der Waals surface area contributed by atoms with Crippen LogP contribution in [0.3, 0.4) is 0 Å². The van der Waals surface area contributed by atoms with Gasteiger partial charge in [0.1, 0.15) is 5.82 Å². The van der Waals surface area contributed by atoms with Gasteiger partial charge in [0.25, 0.3) is 5.56 Å². The van der Waals surface area contributed by atoms with Gasteiger partial charge in [0, 0.05) is 12.2 Å². The van der Waals surface area contributed by atoms with E-state index < -0.39 is 6.04 Å². The highest BCUT2D eigenvalue weighted by molar-refractivity contribution is 5.89. The summed E-state index contributed by atoms with van der Waals surface area (Å²) in [6, 6.07) is 22.4. The molecule has 0 saturated heterocycles. The van der Waals surface area contributed by atoms with Crippen LogP contribution < -0.4 is 10.9 Å². The lowest BCUT2D eigenvalue weighted by molar-refractivity contribution is 0.188. The molecular weight excluding hydrogens is 448 g/mol. The lowest BCUT2D eigenvalue weighted by atomic mass is 10.1. The molecule has 4 rings (SSSR count). The highest BCUT2D eigenvalue weighted by Gasteiger charge is 2.26. The molecule has 0 bridgehead atoms. The van der Waals surface area contributed by atoms with Gasteiger partial charge in [0.15, 0.2) is 0 Å². The van der Waals surface area contributed by atoms with Gasteiger partial charge in [-0.15, -0.1) is 0 Å². The summed E-state index contributed by atoms with van der Waals surface area (Å²) in [4.78, 5) is 33.9. The Hall–Kier alpha value is -3.93. The first-order chi connectivity index (χ1) is 17.4. The molecule has 1 aromatic heterocycles. The number of carbonyl (C=O) groups is 1. The molecule has 1 atom stereocenters. The summed E-state index contributed by atoms with van der Waals surface area (Å²) in [5, 5.41) is 3.59. The quantitative estimate of drug-likeness (QED) is 0.306. The van der Waals surface area contributed by atoms with Crippen LogP contribution in [0.15, 0.2) is 77.6 Å². The number of unbranched alkanes of at least 4 members (excludes halogenated alkanes) is 1. The Labute approximate surface area is 212 Å². The third-order valence-electron chi connectivity index (χ3n) is 6.56. The molecule has 36 heavy (non-hydrogen) atoms. The average molecular weight is 483 g/mol. The van der Waals surface area contributed by atoms with E-state index in [-0.39, 0.29) is 11.6 Å². The van der Waals surface area contributed by atoms with E-state index >= 15 is 0 Å². The lowest BCUT2D eigenvalue weighted by Gasteiger charge is -2.30. The molecule has 0 aliphatic carbocycles. The van der Waals surface area contributed by atoms with E-state index in [0.29, 0.717) is 23.3 Å². The molecule has 1 unspecified atom stereocenters. The number of aryl methyl sites for hydroxylation is 2. The molecule has 0 fully saturated rings. The van der Waals surface area contributed by atoms with Crippen molar-refractivity contribution in [3.63, 3.8) is 0 Å². The second-order valence-electron chi connectivity index (χ2n) is 9.17. The molecule has 6 nitrogen and oxygen atoms in total. The van der Waals surface area contributed by atoms with Crippen molar-refractivity contribution in [1.82, 2.24) is 14.5 Å². The molecule has 0 aliphatic heterocycles. The average Bonchev–Trinajstić information content (AvgIpc) is 2.90. The van der Waals surface area contributed by atoms with Crippen LogP contribution in [0, 0.1) is 6.92 Å². The van der Waals surface area contributed by atoms with Gasteiger partial charge < -0.3 is 10.2 Å². The Morgan fingerprint density at radius 3 is 2.36 bits per heavy atom. The van der Waals surface area contributed by atoms with Crippen molar-refractivity contribution in [2.24, 2.45) is 0 Å². The summed E-state index contributed by atoms with van der Waals surface area (Å²) in [5.74, 6) is 0.537. The number of fused-ring (bicyclic) bond motifs is 1. The number of aromatic nitrogens is 2. The van der Waals surface area contributed by atoms with Gasteiger partial charge in [-0.2, -0.15) is 0 Å². The van der Waals surface area contributed by atoms with Crippen LogP contribution in [0.5, 0.6) is 0 Å². The number of urea groups is 1. The van der Waals surface area contributed by atoms with Crippen LogP contribution in [0.4, 0.5) is 10.5 Å². The molecule has 0 spiro atoms. The normalized spacial score (nSPS) is 11.9. The Morgan fingerprint density at radius 2 is 1.69 bits per heavy atom. The fourth-order valence-electron chi connectivity index (χ4n) is 4.33. The summed E-state index contributed by atoms with van der Waals surface area (Å²) in [6.07, 6.45) is 2.73. The SMILES string of the molecule is CCCCN(C(=O)Nc1ccc(CC)cc1)C(C)c1nc2ccccc2c(=O)n1-c1ccc(C)cc1. The molecule has 0 radical (unpaired) electrons. The Bertz CT molecular complexity index is 1390. The van der Waals surface area contributed by atoms with Gasteiger partial charge in [0.05, 0.1) is 22.6 Å². The number of carbonyl (C=O) groups excluding carboxylic acids is 1. The van der Waals surface area contributed by atoms with Crippen molar-refractivity contribution in [1.29, 1.82) is 0 Å². The molecule has 6 heteroatoms. The Morgan fingerprint density at radius 1 is 1.00 bits per heavy atom. The fourth-order valence-corrected chi connectivity index (χ4v) is 4.33. The number of benzene rings is 3. The van der Waals surface area contributed by atoms with Crippen LogP contribution in [-0.2, 0) is 6.42 Å². The molecule has 0 aliphatic rings. The van der Waals surface area contributed by atoms with Crippen molar-refractivity contribution in [3.05, 3.63) is 100 Å². The topological polar surface area (TPSA) is 67.2 Å². The molecule has 2 amide bonds. The summed E-state index contributed by atoms with van der Waals surface area (Å²) >= 11 is 0. The minimum Gasteiger partial charge on any atom is -0.315 e. The number of rotatable bonds is 8. The van der Waals surface area contributed by atoms with E-state index in [1.165, 1.54) is 5.56 Å². The van der Waals surface area contributed by atoms with Crippen molar-refractivity contribution in [2.45, 2.75) is 53.0 Å². The zero-order chi connectivity index (χ0) is 25.7. The Balaban J connectivity index is 1.78. The van der Waals surface area contributed by atoms with Gasteiger partial charge in [-0.3, -0.25) is 9.36 Å². The minimum atomic E-state index is -0.440. The number of amides is 2. The zero-order valence-corrected chi connectivity index (χ0v) is 21.5. The smallest absolute Gasteiger partial charge is 0.315 e. The monoisotopic (exact) mass is 482 g/mol. The fraction of sp³-hybridized carbons (Fsp3) is 0.300. The van der Waals surface area contributed by atoms with E-state index in [1.54, 1.807) is 15.5 Å². The van der Waals surface area contributed by atoms with Crippen molar-refractivity contribution in [2.75, 3.05) is 11.9 Å².